The van der Waals surface area contributed by atoms with Crippen molar-refractivity contribution in [3.63, 3.8) is 0 Å². The van der Waals surface area contributed by atoms with Gasteiger partial charge in [0.15, 0.2) is 12.4 Å². The van der Waals surface area contributed by atoms with Crippen LogP contribution in [0, 0.1) is 3.57 Å². The second-order valence-electron chi connectivity index (χ2n) is 5.18. The molecule has 9 heteroatoms. The standard InChI is InChI=1S/C17H14IN3O5/c18-11-4-1-2-5-12(11)19-14(22)10-25-16(23)8-7-15-20-17(21-26-15)13-6-3-9-24-13/h1-6,9H,7-8,10H2,(H,19,22). The lowest BCUT2D eigenvalue weighted by atomic mass is 10.3. The lowest BCUT2D eigenvalue weighted by Crippen LogP contribution is -2.21. The van der Waals surface area contributed by atoms with Crippen LogP contribution in [0.3, 0.4) is 0 Å². The Hall–Kier alpha value is -2.69. The number of esters is 1. The van der Waals surface area contributed by atoms with Gasteiger partial charge in [0.25, 0.3) is 5.91 Å². The molecule has 0 aliphatic carbocycles. The molecule has 2 heterocycles. The number of aryl methyl sites for hydroxylation is 1. The zero-order valence-corrected chi connectivity index (χ0v) is 15.6. The fourth-order valence-corrected chi connectivity index (χ4v) is 2.56. The summed E-state index contributed by atoms with van der Waals surface area (Å²) < 4.78 is 16.1. The average molecular weight is 467 g/mol. The van der Waals surface area contributed by atoms with Gasteiger partial charge in [0.1, 0.15) is 0 Å². The molecule has 0 aliphatic heterocycles. The molecular formula is C17H14IN3O5. The molecule has 2 aromatic heterocycles. The maximum absolute atomic E-state index is 11.8. The molecule has 134 valence electrons. The normalized spacial score (nSPS) is 10.5. The van der Waals surface area contributed by atoms with Gasteiger partial charge in [0.2, 0.25) is 11.7 Å². The number of benzene rings is 1. The van der Waals surface area contributed by atoms with Gasteiger partial charge in [0.05, 0.1) is 18.4 Å². The third kappa shape index (κ3) is 4.91. The van der Waals surface area contributed by atoms with E-state index in [1.807, 2.05) is 18.2 Å². The smallest absolute Gasteiger partial charge is 0.306 e. The van der Waals surface area contributed by atoms with E-state index in [1.54, 1.807) is 18.2 Å². The van der Waals surface area contributed by atoms with Crippen LogP contribution in [0.15, 0.2) is 51.6 Å². The highest BCUT2D eigenvalue weighted by molar-refractivity contribution is 14.1. The fraction of sp³-hybridized carbons (Fsp3) is 0.176. The Balaban J connectivity index is 1.42. The molecule has 1 amide bonds. The van der Waals surface area contributed by atoms with Gasteiger partial charge in [-0.1, -0.05) is 17.3 Å². The third-order valence-electron chi connectivity index (χ3n) is 3.26. The monoisotopic (exact) mass is 467 g/mol. The molecule has 0 aliphatic rings. The number of nitrogens with one attached hydrogen (secondary N) is 1. The maximum Gasteiger partial charge on any atom is 0.306 e. The van der Waals surface area contributed by atoms with Gasteiger partial charge in [-0.25, -0.2) is 0 Å². The van der Waals surface area contributed by atoms with Gasteiger partial charge < -0.3 is 19.0 Å². The van der Waals surface area contributed by atoms with Crippen molar-refractivity contribution in [2.45, 2.75) is 12.8 Å². The van der Waals surface area contributed by atoms with E-state index in [0.29, 0.717) is 17.3 Å². The van der Waals surface area contributed by atoms with E-state index in [1.165, 1.54) is 6.26 Å². The molecule has 0 unspecified atom stereocenters. The summed E-state index contributed by atoms with van der Waals surface area (Å²) in [4.78, 5) is 27.7. The first-order chi connectivity index (χ1) is 12.6. The number of amides is 1. The van der Waals surface area contributed by atoms with Gasteiger partial charge in [-0.2, -0.15) is 4.98 Å². The van der Waals surface area contributed by atoms with E-state index < -0.39 is 11.9 Å². The summed E-state index contributed by atoms with van der Waals surface area (Å²) in [6.07, 6.45) is 1.74. The predicted molar refractivity (Wildman–Crippen MR) is 99.1 cm³/mol. The number of carbonyl (C=O) groups is 2. The average Bonchev–Trinajstić information content (AvgIpc) is 3.31. The number of hydrogen-bond acceptors (Lipinski definition) is 7. The minimum absolute atomic E-state index is 0.0237. The van der Waals surface area contributed by atoms with Crippen LogP contribution < -0.4 is 5.32 Å². The number of para-hydroxylation sites is 1. The Labute approximate surface area is 162 Å². The van der Waals surface area contributed by atoms with E-state index in [9.17, 15) is 9.59 Å². The molecule has 0 saturated carbocycles. The summed E-state index contributed by atoms with van der Waals surface area (Å²) >= 11 is 2.11. The topological polar surface area (TPSA) is 107 Å². The van der Waals surface area contributed by atoms with Crippen LogP contribution in [0.1, 0.15) is 12.3 Å². The van der Waals surface area contributed by atoms with Crippen molar-refractivity contribution in [3.8, 4) is 11.6 Å². The van der Waals surface area contributed by atoms with E-state index in [4.69, 9.17) is 13.7 Å². The summed E-state index contributed by atoms with van der Waals surface area (Å²) in [7, 11) is 0. The zero-order valence-electron chi connectivity index (χ0n) is 13.5. The second-order valence-corrected chi connectivity index (χ2v) is 6.34. The summed E-state index contributed by atoms with van der Waals surface area (Å²) in [5, 5.41) is 6.45. The molecule has 0 spiro atoms. The highest BCUT2D eigenvalue weighted by atomic mass is 127. The number of ether oxygens (including phenoxy) is 1. The highest BCUT2D eigenvalue weighted by Crippen LogP contribution is 2.17. The van der Waals surface area contributed by atoms with Crippen molar-refractivity contribution in [3.05, 3.63) is 52.1 Å². The van der Waals surface area contributed by atoms with Crippen molar-refractivity contribution >= 4 is 40.2 Å². The molecule has 0 fully saturated rings. The molecule has 26 heavy (non-hydrogen) atoms. The number of anilines is 1. The molecule has 1 aromatic carbocycles. The highest BCUT2D eigenvalue weighted by Gasteiger charge is 2.14. The van der Waals surface area contributed by atoms with E-state index in [-0.39, 0.29) is 25.3 Å². The van der Waals surface area contributed by atoms with Crippen LogP contribution in [-0.4, -0.2) is 28.6 Å². The molecule has 0 atom stereocenters. The first-order valence-corrected chi connectivity index (χ1v) is 8.76. The Morgan fingerprint density at radius 1 is 1.19 bits per heavy atom. The minimum atomic E-state index is -0.527. The van der Waals surface area contributed by atoms with Gasteiger partial charge in [-0.3, -0.25) is 9.59 Å². The summed E-state index contributed by atoms with van der Waals surface area (Å²) in [6.45, 7) is -0.356. The van der Waals surface area contributed by atoms with Gasteiger partial charge >= 0.3 is 5.97 Å². The van der Waals surface area contributed by atoms with Crippen molar-refractivity contribution in [1.82, 2.24) is 10.1 Å². The quantitative estimate of drug-likeness (QED) is 0.421. The van der Waals surface area contributed by atoms with Gasteiger partial charge in [-0.15, -0.1) is 0 Å². The molecule has 0 radical (unpaired) electrons. The summed E-state index contributed by atoms with van der Waals surface area (Å²) in [5.74, 6) is 0.155. The summed E-state index contributed by atoms with van der Waals surface area (Å²) in [6, 6.07) is 10.7. The Morgan fingerprint density at radius 2 is 2.04 bits per heavy atom. The Bertz CT molecular complexity index is 891. The minimum Gasteiger partial charge on any atom is -0.461 e. The molecular weight excluding hydrogens is 453 g/mol. The number of furan rings is 1. The van der Waals surface area contributed by atoms with Crippen LogP contribution in [-0.2, 0) is 20.7 Å². The van der Waals surface area contributed by atoms with Crippen molar-refractivity contribution in [1.29, 1.82) is 0 Å². The Kier molecular flexibility index (Phi) is 6.00. The zero-order chi connectivity index (χ0) is 18.4. The first kappa shape index (κ1) is 18.1. The van der Waals surface area contributed by atoms with E-state index in [0.717, 1.165) is 3.57 Å². The largest absolute Gasteiger partial charge is 0.461 e. The van der Waals surface area contributed by atoms with Crippen LogP contribution in [0.5, 0.6) is 0 Å². The van der Waals surface area contributed by atoms with Crippen molar-refractivity contribution in [2.24, 2.45) is 0 Å². The van der Waals surface area contributed by atoms with Crippen molar-refractivity contribution in [2.75, 3.05) is 11.9 Å². The lowest BCUT2D eigenvalue weighted by molar-refractivity contribution is -0.147. The summed E-state index contributed by atoms with van der Waals surface area (Å²) in [5.41, 5.74) is 0.672. The SMILES string of the molecule is O=C(COC(=O)CCc1nc(-c2ccco2)no1)Nc1ccccc1I. The molecule has 8 nitrogen and oxygen atoms in total. The number of hydrogen-bond donors (Lipinski definition) is 1. The lowest BCUT2D eigenvalue weighted by Gasteiger charge is -2.07. The molecule has 0 saturated heterocycles. The number of carbonyl (C=O) groups excluding carboxylic acids is 2. The number of nitrogens with zero attached hydrogens (tertiary/aromatic N) is 2. The van der Waals surface area contributed by atoms with Crippen LogP contribution in [0.2, 0.25) is 0 Å². The second kappa shape index (κ2) is 8.61. The predicted octanol–water partition coefficient (Wildman–Crippen LogP) is 3.05. The number of halogens is 1. The number of aromatic nitrogens is 2. The maximum atomic E-state index is 11.8. The first-order valence-electron chi connectivity index (χ1n) is 7.68. The van der Waals surface area contributed by atoms with Gasteiger partial charge in [-0.05, 0) is 46.9 Å². The van der Waals surface area contributed by atoms with E-state index >= 15 is 0 Å². The van der Waals surface area contributed by atoms with Crippen molar-refractivity contribution < 1.29 is 23.3 Å². The molecule has 3 rings (SSSR count). The molecule has 3 aromatic rings. The Morgan fingerprint density at radius 3 is 2.81 bits per heavy atom. The van der Waals surface area contributed by atoms with Crippen LogP contribution in [0.25, 0.3) is 11.6 Å². The number of rotatable bonds is 7. The van der Waals surface area contributed by atoms with Gasteiger partial charge in [0, 0.05) is 9.99 Å². The van der Waals surface area contributed by atoms with E-state index in [2.05, 4.69) is 38.0 Å². The van der Waals surface area contributed by atoms with Crippen LogP contribution >= 0.6 is 22.6 Å². The molecule has 0 bridgehead atoms. The fourth-order valence-electron chi connectivity index (χ4n) is 2.04. The third-order valence-corrected chi connectivity index (χ3v) is 4.21. The molecule has 1 N–H and O–H groups in total. The van der Waals surface area contributed by atoms with Crippen LogP contribution in [0.4, 0.5) is 5.69 Å².